The zero-order chi connectivity index (χ0) is 36.2. The van der Waals surface area contributed by atoms with Gasteiger partial charge in [-0.05, 0) is 67.0 Å². The lowest BCUT2D eigenvalue weighted by molar-refractivity contribution is -0.137. The van der Waals surface area contributed by atoms with E-state index in [4.69, 9.17) is 21.1 Å². The highest BCUT2D eigenvalue weighted by Gasteiger charge is 2.39. The predicted molar refractivity (Wildman–Crippen MR) is 194 cm³/mol. The lowest BCUT2D eigenvalue weighted by atomic mass is 10.0. The number of anilines is 3. The topological polar surface area (TPSA) is 152 Å². The minimum Gasteiger partial charge on any atom is -0.486 e. The number of aromatic nitrogens is 2. The van der Waals surface area contributed by atoms with E-state index in [1.165, 1.54) is 18.5 Å². The SMILES string of the molecule is O=C1CCC(N2Cc3c(SCCCCCC(=O)Nc4cc5c(Nc6ccc(F)c(Cl)c6)ncnc5cc4OC4CCOC4)cccc3C2=O)C(=O)N1. The maximum atomic E-state index is 13.8. The summed E-state index contributed by atoms with van der Waals surface area (Å²) in [5.74, 6) is 0.114. The van der Waals surface area contributed by atoms with E-state index in [-0.39, 0.29) is 35.3 Å². The number of nitrogens with zero attached hydrogens (tertiary/aromatic N) is 3. The van der Waals surface area contributed by atoms with Crippen LogP contribution in [0.1, 0.15) is 60.9 Å². The minimum atomic E-state index is -0.649. The highest BCUT2D eigenvalue weighted by atomic mass is 35.5. The van der Waals surface area contributed by atoms with E-state index < -0.39 is 17.8 Å². The molecule has 3 aliphatic rings. The van der Waals surface area contributed by atoms with E-state index in [0.717, 1.165) is 35.5 Å². The van der Waals surface area contributed by atoms with Gasteiger partial charge >= 0.3 is 0 Å². The number of carbonyl (C=O) groups is 4. The summed E-state index contributed by atoms with van der Waals surface area (Å²) in [5, 5.41) is 9.13. The van der Waals surface area contributed by atoms with Gasteiger partial charge < -0.3 is 25.0 Å². The van der Waals surface area contributed by atoms with Crippen molar-refractivity contribution >= 4 is 75.1 Å². The average Bonchev–Trinajstić information content (AvgIpc) is 3.76. The number of carbonyl (C=O) groups excluding carboxylic acids is 4. The number of hydrogen-bond acceptors (Lipinski definition) is 10. The number of hydrogen-bond donors (Lipinski definition) is 3. The van der Waals surface area contributed by atoms with Gasteiger partial charge in [0.25, 0.3) is 5.91 Å². The Morgan fingerprint density at radius 1 is 1.10 bits per heavy atom. The smallest absolute Gasteiger partial charge is 0.255 e. The third-order valence-corrected chi connectivity index (χ3v) is 10.7. The Morgan fingerprint density at radius 3 is 2.79 bits per heavy atom. The molecule has 3 aromatic carbocycles. The Labute approximate surface area is 308 Å². The second kappa shape index (κ2) is 15.8. The van der Waals surface area contributed by atoms with Crippen molar-refractivity contribution in [1.29, 1.82) is 0 Å². The molecule has 1 aromatic heterocycles. The first kappa shape index (κ1) is 35.6. The molecule has 0 spiro atoms. The van der Waals surface area contributed by atoms with Gasteiger partial charge in [0, 0.05) is 53.4 Å². The first-order valence-electron chi connectivity index (χ1n) is 17.2. The summed E-state index contributed by atoms with van der Waals surface area (Å²) >= 11 is 7.64. The van der Waals surface area contributed by atoms with Crippen LogP contribution in [0.25, 0.3) is 10.9 Å². The number of nitrogens with one attached hydrogen (secondary N) is 3. The van der Waals surface area contributed by atoms with E-state index in [9.17, 15) is 23.6 Å². The molecule has 3 aliphatic heterocycles. The van der Waals surface area contributed by atoms with Gasteiger partial charge in [-0.15, -0.1) is 11.8 Å². The van der Waals surface area contributed by atoms with Crippen molar-refractivity contribution in [3.8, 4) is 5.75 Å². The highest BCUT2D eigenvalue weighted by Crippen LogP contribution is 2.37. The molecule has 2 fully saturated rings. The number of imide groups is 1. The molecule has 2 unspecified atom stereocenters. The van der Waals surface area contributed by atoms with E-state index >= 15 is 0 Å². The maximum Gasteiger partial charge on any atom is 0.255 e. The summed E-state index contributed by atoms with van der Waals surface area (Å²) in [7, 11) is 0. The van der Waals surface area contributed by atoms with E-state index in [1.54, 1.807) is 40.9 Å². The molecule has 15 heteroatoms. The molecule has 4 amide bonds. The summed E-state index contributed by atoms with van der Waals surface area (Å²) in [6.07, 6.45) is 5.17. The molecule has 0 bridgehead atoms. The number of halogens is 2. The lowest BCUT2D eigenvalue weighted by Gasteiger charge is -2.29. The minimum absolute atomic E-state index is 0.0252. The van der Waals surface area contributed by atoms with Crippen LogP contribution in [-0.2, 0) is 25.7 Å². The third kappa shape index (κ3) is 7.98. The Hall–Kier alpha value is -4.79. The Bertz CT molecular complexity index is 2050. The number of unbranched alkanes of at least 4 members (excludes halogenated alkanes) is 2. The first-order chi connectivity index (χ1) is 25.2. The average molecular weight is 747 g/mol. The van der Waals surface area contributed by atoms with Crippen LogP contribution >= 0.6 is 23.4 Å². The van der Waals surface area contributed by atoms with E-state index in [1.807, 2.05) is 12.1 Å². The van der Waals surface area contributed by atoms with Crippen molar-refractivity contribution in [3.63, 3.8) is 0 Å². The van der Waals surface area contributed by atoms with Gasteiger partial charge in [0.05, 0.1) is 29.4 Å². The Kier molecular flexibility index (Phi) is 10.8. The molecular formula is C37H36ClFN6O6S. The molecular weight excluding hydrogens is 711 g/mol. The normalized spacial score (nSPS) is 18.4. The van der Waals surface area contributed by atoms with Crippen LogP contribution in [0.5, 0.6) is 5.75 Å². The van der Waals surface area contributed by atoms with E-state index in [2.05, 4.69) is 25.9 Å². The summed E-state index contributed by atoms with van der Waals surface area (Å²) in [5.41, 5.74) is 3.11. The largest absolute Gasteiger partial charge is 0.486 e. The van der Waals surface area contributed by atoms with Gasteiger partial charge in [-0.3, -0.25) is 24.5 Å². The maximum absolute atomic E-state index is 13.8. The predicted octanol–water partition coefficient (Wildman–Crippen LogP) is 6.39. The van der Waals surface area contributed by atoms with Crippen LogP contribution in [0.3, 0.4) is 0 Å². The third-order valence-electron chi connectivity index (χ3n) is 9.22. The summed E-state index contributed by atoms with van der Waals surface area (Å²) in [4.78, 5) is 61.8. The van der Waals surface area contributed by atoms with Gasteiger partial charge in [0.1, 0.15) is 35.9 Å². The van der Waals surface area contributed by atoms with Crippen LogP contribution < -0.4 is 20.7 Å². The molecule has 0 aliphatic carbocycles. The summed E-state index contributed by atoms with van der Waals surface area (Å²) in [6.45, 7) is 1.38. The molecule has 2 atom stereocenters. The number of benzene rings is 3. The van der Waals surface area contributed by atoms with Crippen molar-refractivity contribution in [2.75, 3.05) is 29.6 Å². The number of fused-ring (bicyclic) bond motifs is 2. The molecule has 52 heavy (non-hydrogen) atoms. The monoisotopic (exact) mass is 746 g/mol. The number of rotatable bonds is 13. The fourth-order valence-electron chi connectivity index (χ4n) is 6.53. The van der Waals surface area contributed by atoms with Crippen molar-refractivity contribution < 1.29 is 33.0 Å². The second-order valence-corrected chi connectivity index (χ2v) is 14.4. The number of piperidine rings is 1. The number of ether oxygens (including phenoxy) is 2. The Balaban J connectivity index is 0.953. The van der Waals surface area contributed by atoms with Crippen molar-refractivity contribution in [2.45, 2.75) is 68.5 Å². The molecule has 0 radical (unpaired) electrons. The zero-order valence-electron chi connectivity index (χ0n) is 28.1. The summed E-state index contributed by atoms with van der Waals surface area (Å²) < 4.78 is 25.5. The highest BCUT2D eigenvalue weighted by molar-refractivity contribution is 7.99. The molecule has 270 valence electrons. The first-order valence-corrected chi connectivity index (χ1v) is 18.5. The van der Waals surface area contributed by atoms with Gasteiger partial charge in [0.2, 0.25) is 17.7 Å². The Morgan fingerprint density at radius 2 is 1.98 bits per heavy atom. The van der Waals surface area contributed by atoms with Gasteiger partial charge in [-0.1, -0.05) is 24.1 Å². The second-order valence-electron chi connectivity index (χ2n) is 12.8. The molecule has 0 saturated carbocycles. The lowest BCUT2D eigenvalue weighted by Crippen LogP contribution is -2.52. The molecule has 3 N–H and O–H groups in total. The van der Waals surface area contributed by atoms with E-state index in [0.29, 0.717) is 78.4 Å². The van der Waals surface area contributed by atoms with Gasteiger partial charge in [-0.25, -0.2) is 14.4 Å². The van der Waals surface area contributed by atoms with Crippen LogP contribution in [0.15, 0.2) is 59.8 Å². The fourth-order valence-corrected chi connectivity index (χ4v) is 7.80. The fraction of sp³-hybridized carbons (Fsp3) is 0.351. The quantitative estimate of drug-likeness (QED) is 0.0798. The van der Waals surface area contributed by atoms with Crippen LogP contribution in [0.4, 0.5) is 21.6 Å². The van der Waals surface area contributed by atoms with Gasteiger partial charge in [0.15, 0.2) is 0 Å². The number of amides is 4. The van der Waals surface area contributed by atoms with Crippen molar-refractivity contribution in [1.82, 2.24) is 20.2 Å². The van der Waals surface area contributed by atoms with Crippen molar-refractivity contribution in [2.24, 2.45) is 0 Å². The van der Waals surface area contributed by atoms with Crippen molar-refractivity contribution in [3.05, 3.63) is 76.8 Å². The van der Waals surface area contributed by atoms with Crippen LogP contribution in [-0.4, -0.2) is 69.6 Å². The van der Waals surface area contributed by atoms with Gasteiger partial charge in [-0.2, -0.15) is 0 Å². The standard InChI is InChI=1S/C37H36ClFN6O6S/c38-26-15-21(8-9-27(26)39)42-35-24-16-29(31(17-28(24)40-20-41-35)51-22-12-13-50-19-22)43-33(46)7-2-1-3-14-52-32-6-4-5-23-25(32)18-45(37(23)49)30-10-11-34(47)44-36(30)48/h4-6,8-9,15-17,20,22,30H,1-3,7,10-14,18-19H2,(H,43,46)(H,40,41,42)(H,44,47,48). The van der Waals surface area contributed by atoms with Crippen LogP contribution in [0, 0.1) is 5.82 Å². The zero-order valence-corrected chi connectivity index (χ0v) is 29.7. The molecule has 12 nitrogen and oxygen atoms in total. The molecule has 7 rings (SSSR count). The molecule has 4 aromatic rings. The summed E-state index contributed by atoms with van der Waals surface area (Å²) in [6, 6.07) is 12.8. The van der Waals surface area contributed by atoms with Crippen LogP contribution in [0.2, 0.25) is 5.02 Å². The molecule has 4 heterocycles. The molecule has 2 saturated heterocycles. The number of thioether (sulfide) groups is 1.